The first-order chi connectivity index (χ1) is 10.1. The van der Waals surface area contributed by atoms with Gasteiger partial charge in [-0.25, -0.2) is 0 Å². The molecule has 6 nitrogen and oxygen atoms in total. The first kappa shape index (κ1) is 15.1. The number of thioether (sulfide) groups is 1. The number of hydrogen-bond acceptors (Lipinski definition) is 6. The van der Waals surface area contributed by atoms with E-state index in [1.165, 1.54) is 14.2 Å². The van der Waals surface area contributed by atoms with Crippen molar-refractivity contribution in [2.24, 2.45) is 0 Å². The fourth-order valence-corrected chi connectivity index (χ4v) is 2.59. The summed E-state index contributed by atoms with van der Waals surface area (Å²) in [6, 6.07) is 7.13. The third kappa shape index (κ3) is 3.25. The smallest absolute Gasteiger partial charge is 0.325 e. The van der Waals surface area contributed by atoms with Gasteiger partial charge in [0, 0.05) is 5.56 Å². The van der Waals surface area contributed by atoms with Crippen molar-refractivity contribution in [2.75, 3.05) is 20.8 Å². The van der Waals surface area contributed by atoms with Crippen molar-refractivity contribution >= 4 is 35.0 Å². The summed E-state index contributed by atoms with van der Waals surface area (Å²) in [6.45, 7) is -0.384. The minimum atomic E-state index is -0.643. The highest BCUT2D eigenvalue weighted by Crippen LogP contribution is 2.33. The second-order valence-electron chi connectivity index (χ2n) is 4.09. The maximum Gasteiger partial charge on any atom is 0.325 e. The van der Waals surface area contributed by atoms with Crippen LogP contribution in [0.4, 0.5) is 4.79 Å². The number of para-hydroxylation sites is 1. The molecule has 0 unspecified atom stereocenters. The zero-order chi connectivity index (χ0) is 15.4. The second kappa shape index (κ2) is 6.45. The summed E-state index contributed by atoms with van der Waals surface area (Å²) in [5.41, 5.74) is 0.684. The van der Waals surface area contributed by atoms with Crippen LogP contribution in [0, 0.1) is 0 Å². The van der Waals surface area contributed by atoms with E-state index in [2.05, 4.69) is 4.74 Å². The Balaban J connectivity index is 2.26. The number of carbonyl (C=O) groups excluding carboxylic acids is 3. The van der Waals surface area contributed by atoms with Crippen molar-refractivity contribution in [2.45, 2.75) is 0 Å². The van der Waals surface area contributed by atoms with Crippen LogP contribution in [-0.4, -0.2) is 42.8 Å². The molecule has 1 heterocycles. The Bertz CT molecular complexity index is 626. The van der Waals surface area contributed by atoms with E-state index < -0.39 is 17.1 Å². The topological polar surface area (TPSA) is 72.9 Å². The van der Waals surface area contributed by atoms with Gasteiger partial charge in [-0.2, -0.15) is 0 Å². The summed E-state index contributed by atoms with van der Waals surface area (Å²) in [6.07, 6.45) is 1.57. The molecule has 7 heteroatoms. The standard InChI is InChI=1S/C14H13NO5S/c1-19-10-6-4-3-5-9(10)7-11-13(17)15(14(18)21-11)8-12(16)20-2/h3-7H,8H2,1-2H3/b11-7+. The number of benzene rings is 1. The summed E-state index contributed by atoms with van der Waals surface area (Å²) in [5, 5.41) is -0.494. The molecule has 0 N–H and O–H groups in total. The lowest BCUT2D eigenvalue weighted by molar-refractivity contribution is -0.143. The Labute approximate surface area is 125 Å². The molecule has 0 aromatic heterocycles. The van der Waals surface area contributed by atoms with Crippen LogP contribution in [0.1, 0.15) is 5.56 Å². The summed E-state index contributed by atoms with van der Waals surface area (Å²) in [5.74, 6) is -0.561. The zero-order valence-corrected chi connectivity index (χ0v) is 12.3. The van der Waals surface area contributed by atoms with Gasteiger partial charge in [-0.3, -0.25) is 19.3 Å². The van der Waals surface area contributed by atoms with E-state index >= 15 is 0 Å². The molecule has 0 radical (unpaired) electrons. The summed E-state index contributed by atoms with van der Waals surface area (Å²) in [7, 11) is 2.72. The Morgan fingerprint density at radius 2 is 2.00 bits per heavy atom. The van der Waals surface area contributed by atoms with E-state index in [0.29, 0.717) is 11.3 Å². The van der Waals surface area contributed by atoms with Crippen molar-refractivity contribution in [1.29, 1.82) is 0 Å². The molecule has 2 amide bonds. The average Bonchev–Trinajstić information content (AvgIpc) is 2.75. The Morgan fingerprint density at radius 1 is 1.29 bits per heavy atom. The van der Waals surface area contributed by atoms with Crippen LogP contribution < -0.4 is 4.74 Å². The molecule has 0 atom stereocenters. The van der Waals surface area contributed by atoms with Crippen molar-refractivity contribution in [3.63, 3.8) is 0 Å². The number of imide groups is 1. The normalized spacial score (nSPS) is 16.5. The van der Waals surface area contributed by atoms with Crippen LogP contribution in [0.2, 0.25) is 0 Å². The Kier molecular flexibility index (Phi) is 4.64. The number of ether oxygens (including phenoxy) is 2. The molecule has 0 spiro atoms. The van der Waals surface area contributed by atoms with Gasteiger partial charge < -0.3 is 9.47 Å². The fraction of sp³-hybridized carbons (Fsp3) is 0.214. The highest BCUT2D eigenvalue weighted by Gasteiger charge is 2.36. The predicted octanol–water partition coefficient (Wildman–Crippen LogP) is 1.90. The van der Waals surface area contributed by atoms with Gasteiger partial charge in [0.05, 0.1) is 19.1 Å². The lowest BCUT2D eigenvalue weighted by Gasteiger charge is -2.09. The number of esters is 1. The third-order valence-electron chi connectivity index (χ3n) is 2.81. The van der Waals surface area contributed by atoms with Gasteiger partial charge in [0.25, 0.3) is 11.1 Å². The maximum atomic E-state index is 12.1. The molecule has 0 saturated carbocycles. The fourth-order valence-electron chi connectivity index (χ4n) is 1.76. The largest absolute Gasteiger partial charge is 0.496 e. The molecular weight excluding hydrogens is 294 g/mol. The summed E-state index contributed by atoms with van der Waals surface area (Å²) < 4.78 is 9.65. The van der Waals surface area contributed by atoms with E-state index in [4.69, 9.17) is 4.74 Å². The Morgan fingerprint density at radius 3 is 2.67 bits per heavy atom. The third-order valence-corrected chi connectivity index (χ3v) is 3.72. The first-order valence-corrected chi connectivity index (χ1v) is 6.83. The SMILES string of the molecule is COC(=O)CN1C(=O)S/C(=C/c2ccccc2OC)C1=O. The molecule has 1 aliphatic rings. The molecule has 21 heavy (non-hydrogen) atoms. The van der Waals surface area contributed by atoms with Crippen LogP contribution in [0.15, 0.2) is 29.2 Å². The van der Waals surface area contributed by atoms with Gasteiger partial charge in [-0.1, -0.05) is 18.2 Å². The zero-order valence-electron chi connectivity index (χ0n) is 11.5. The quantitative estimate of drug-likeness (QED) is 0.625. The van der Waals surface area contributed by atoms with Crippen LogP contribution in [0.3, 0.4) is 0 Å². The monoisotopic (exact) mass is 307 g/mol. The number of carbonyl (C=O) groups is 3. The van der Waals surface area contributed by atoms with Gasteiger partial charge >= 0.3 is 5.97 Å². The summed E-state index contributed by atoms with van der Waals surface area (Å²) in [4.78, 5) is 36.2. The van der Waals surface area contributed by atoms with E-state index in [1.807, 2.05) is 0 Å². The number of amides is 2. The number of nitrogens with zero attached hydrogens (tertiary/aromatic N) is 1. The van der Waals surface area contributed by atoms with Crippen molar-refractivity contribution in [3.8, 4) is 5.75 Å². The molecule has 2 rings (SSSR count). The molecule has 1 aromatic rings. The number of methoxy groups -OCH3 is 2. The van der Waals surface area contributed by atoms with Crippen molar-refractivity contribution in [1.82, 2.24) is 4.90 Å². The van der Waals surface area contributed by atoms with Gasteiger partial charge in [0.15, 0.2) is 0 Å². The molecule has 0 aliphatic carbocycles. The first-order valence-electron chi connectivity index (χ1n) is 6.02. The molecule has 1 aromatic carbocycles. The predicted molar refractivity (Wildman–Crippen MR) is 77.7 cm³/mol. The van der Waals surface area contributed by atoms with Crippen molar-refractivity contribution < 1.29 is 23.9 Å². The van der Waals surface area contributed by atoms with Crippen LogP contribution in [0.25, 0.3) is 6.08 Å². The van der Waals surface area contributed by atoms with Crippen LogP contribution in [-0.2, 0) is 14.3 Å². The van der Waals surface area contributed by atoms with Crippen LogP contribution >= 0.6 is 11.8 Å². The van der Waals surface area contributed by atoms with Gasteiger partial charge in [0.1, 0.15) is 12.3 Å². The molecule has 110 valence electrons. The lowest BCUT2D eigenvalue weighted by Crippen LogP contribution is -2.34. The van der Waals surface area contributed by atoms with E-state index in [1.54, 1.807) is 30.3 Å². The number of rotatable bonds is 4. The van der Waals surface area contributed by atoms with Crippen LogP contribution in [0.5, 0.6) is 5.75 Å². The van der Waals surface area contributed by atoms with Gasteiger partial charge in [-0.15, -0.1) is 0 Å². The molecular formula is C14H13NO5S. The van der Waals surface area contributed by atoms with Crippen molar-refractivity contribution in [3.05, 3.63) is 34.7 Å². The van der Waals surface area contributed by atoms with E-state index in [0.717, 1.165) is 16.7 Å². The average molecular weight is 307 g/mol. The molecule has 1 saturated heterocycles. The summed E-state index contributed by atoms with van der Waals surface area (Å²) >= 11 is 0.783. The second-order valence-corrected chi connectivity index (χ2v) is 5.08. The Hall–Kier alpha value is -2.28. The molecule has 1 fully saturated rings. The van der Waals surface area contributed by atoms with Gasteiger partial charge in [0.2, 0.25) is 0 Å². The number of hydrogen-bond donors (Lipinski definition) is 0. The van der Waals surface area contributed by atoms with E-state index in [9.17, 15) is 14.4 Å². The molecule has 1 aliphatic heterocycles. The minimum absolute atomic E-state index is 0.244. The molecule has 0 bridgehead atoms. The lowest BCUT2D eigenvalue weighted by atomic mass is 10.2. The highest BCUT2D eigenvalue weighted by atomic mass is 32.2. The van der Waals surface area contributed by atoms with E-state index in [-0.39, 0.29) is 11.4 Å². The minimum Gasteiger partial charge on any atom is -0.496 e. The highest BCUT2D eigenvalue weighted by molar-refractivity contribution is 8.18. The maximum absolute atomic E-state index is 12.1. The van der Waals surface area contributed by atoms with Gasteiger partial charge in [-0.05, 0) is 23.9 Å².